The van der Waals surface area contributed by atoms with Crippen molar-refractivity contribution in [3.8, 4) is 0 Å². The van der Waals surface area contributed by atoms with Gasteiger partial charge in [-0.25, -0.2) is 4.98 Å². The summed E-state index contributed by atoms with van der Waals surface area (Å²) < 4.78 is 0. The Hall–Kier alpha value is -2.12. The third-order valence-electron chi connectivity index (χ3n) is 4.39. The van der Waals surface area contributed by atoms with E-state index in [1.54, 1.807) is 6.20 Å². The lowest BCUT2D eigenvalue weighted by Crippen LogP contribution is -1.92. The summed E-state index contributed by atoms with van der Waals surface area (Å²) in [4.78, 5) is 4.20. The van der Waals surface area contributed by atoms with Gasteiger partial charge in [0.2, 0.25) is 0 Å². The van der Waals surface area contributed by atoms with Crippen molar-refractivity contribution in [3.63, 3.8) is 0 Å². The molecule has 1 heterocycles. The van der Waals surface area contributed by atoms with Crippen LogP contribution in [0, 0.1) is 0 Å². The van der Waals surface area contributed by atoms with E-state index in [1.165, 1.54) is 32.5 Å². The summed E-state index contributed by atoms with van der Waals surface area (Å²) in [6.45, 7) is 4.49. The molecule has 0 amide bonds. The highest BCUT2D eigenvalue weighted by atomic mass is 35.5. The van der Waals surface area contributed by atoms with E-state index < -0.39 is 0 Å². The van der Waals surface area contributed by atoms with Gasteiger partial charge >= 0.3 is 0 Å². The van der Waals surface area contributed by atoms with Crippen molar-refractivity contribution in [2.45, 2.75) is 19.8 Å². The minimum absolute atomic E-state index is 0.474. The van der Waals surface area contributed by atoms with Gasteiger partial charge in [0.05, 0.1) is 0 Å². The van der Waals surface area contributed by atoms with Gasteiger partial charge in [-0.15, -0.1) is 0 Å². The van der Waals surface area contributed by atoms with E-state index >= 15 is 0 Å². The third-order valence-corrected chi connectivity index (χ3v) is 4.69. The molecule has 0 saturated heterocycles. The SMILES string of the molecule is CC(C)c1cc2c3ccnc(Cl)c3ccc2c2ccccc12. The van der Waals surface area contributed by atoms with Crippen LogP contribution in [-0.4, -0.2) is 4.98 Å². The second kappa shape index (κ2) is 4.96. The van der Waals surface area contributed by atoms with Crippen molar-refractivity contribution >= 4 is 43.9 Å². The average molecular weight is 306 g/mol. The second-order valence-electron chi connectivity index (χ2n) is 6.02. The Morgan fingerprint density at radius 3 is 2.18 bits per heavy atom. The Kier molecular flexibility index (Phi) is 3.05. The molecule has 3 aromatic carbocycles. The van der Waals surface area contributed by atoms with Gasteiger partial charge in [0.25, 0.3) is 0 Å². The van der Waals surface area contributed by atoms with Crippen LogP contribution in [0.3, 0.4) is 0 Å². The molecule has 4 rings (SSSR count). The minimum Gasteiger partial charge on any atom is -0.244 e. The molecule has 1 aromatic heterocycles. The highest BCUT2D eigenvalue weighted by Gasteiger charge is 2.12. The van der Waals surface area contributed by atoms with Gasteiger partial charge in [-0.3, -0.25) is 0 Å². The zero-order valence-electron chi connectivity index (χ0n) is 12.6. The summed E-state index contributed by atoms with van der Waals surface area (Å²) in [5, 5.41) is 7.92. The van der Waals surface area contributed by atoms with Crippen LogP contribution in [0.2, 0.25) is 5.15 Å². The molecule has 0 fully saturated rings. The molecule has 0 atom stereocenters. The first-order valence-electron chi connectivity index (χ1n) is 7.55. The number of nitrogens with zero attached hydrogens (tertiary/aromatic N) is 1. The number of fused-ring (bicyclic) bond motifs is 5. The van der Waals surface area contributed by atoms with Gasteiger partial charge in [0, 0.05) is 11.6 Å². The van der Waals surface area contributed by atoms with E-state index in [4.69, 9.17) is 11.6 Å². The lowest BCUT2D eigenvalue weighted by atomic mass is 9.90. The van der Waals surface area contributed by atoms with Gasteiger partial charge in [-0.05, 0) is 50.5 Å². The minimum atomic E-state index is 0.474. The standard InChI is InChI=1S/C20H16ClN/c1-12(2)18-11-19-15(13-5-3-4-6-14(13)18)7-8-17-16(19)9-10-22-20(17)21/h3-12H,1-2H3. The Labute approximate surface area is 134 Å². The Bertz CT molecular complexity index is 1020. The van der Waals surface area contributed by atoms with Crippen LogP contribution < -0.4 is 0 Å². The predicted octanol–water partition coefficient (Wildman–Crippen LogP) is 6.32. The quantitative estimate of drug-likeness (QED) is 0.296. The smallest absolute Gasteiger partial charge is 0.136 e. The van der Waals surface area contributed by atoms with Crippen molar-refractivity contribution in [3.05, 3.63) is 65.4 Å². The molecule has 0 aliphatic rings. The molecule has 0 spiro atoms. The molecular formula is C20H16ClN. The van der Waals surface area contributed by atoms with E-state index in [2.05, 4.69) is 67.4 Å². The maximum atomic E-state index is 6.27. The largest absolute Gasteiger partial charge is 0.244 e. The molecule has 108 valence electrons. The highest BCUT2D eigenvalue weighted by molar-refractivity contribution is 6.35. The Morgan fingerprint density at radius 1 is 0.773 bits per heavy atom. The van der Waals surface area contributed by atoms with Crippen molar-refractivity contribution in [1.29, 1.82) is 0 Å². The predicted molar refractivity (Wildman–Crippen MR) is 95.9 cm³/mol. The Balaban J connectivity index is 2.29. The van der Waals surface area contributed by atoms with Gasteiger partial charge in [-0.1, -0.05) is 61.8 Å². The van der Waals surface area contributed by atoms with E-state index in [0.717, 1.165) is 5.39 Å². The molecule has 0 bridgehead atoms. The molecule has 0 radical (unpaired) electrons. The number of hydrogen-bond donors (Lipinski definition) is 0. The summed E-state index contributed by atoms with van der Waals surface area (Å²) in [7, 11) is 0. The fourth-order valence-electron chi connectivity index (χ4n) is 3.31. The molecule has 22 heavy (non-hydrogen) atoms. The number of pyridine rings is 1. The van der Waals surface area contributed by atoms with E-state index in [-0.39, 0.29) is 0 Å². The van der Waals surface area contributed by atoms with Crippen molar-refractivity contribution < 1.29 is 0 Å². The van der Waals surface area contributed by atoms with Crippen LogP contribution in [0.15, 0.2) is 54.7 Å². The van der Waals surface area contributed by atoms with Crippen LogP contribution in [0.4, 0.5) is 0 Å². The first-order valence-corrected chi connectivity index (χ1v) is 7.93. The zero-order valence-corrected chi connectivity index (χ0v) is 13.4. The van der Waals surface area contributed by atoms with Crippen molar-refractivity contribution in [2.75, 3.05) is 0 Å². The van der Waals surface area contributed by atoms with Gasteiger partial charge in [0.1, 0.15) is 5.15 Å². The third kappa shape index (κ3) is 1.89. The number of rotatable bonds is 1. The summed E-state index contributed by atoms with van der Waals surface area (Å²) in [5.74, 6) is 0.474. The lowest BCUT2D eigenvalue weighted by molar-refractivity contribution is 0.878. The molecule has 0 N–H and O–H groups in total. The molecule has 0 unspecified atom stereocenters. The van der Waals surface area contributed by atoms with Crippen LogP contribution in [0.1, 0.15) is 25.3 Å². The molecule has 1 nitrogen and oxygen atoms in total. The van der Waals surface area contributed by atoms with Crippen LogP contribution in [0.25, 0.3) is 32.3 Å². The zero-order chi connectivity index (χ0) is 15.3. The molecule has 2 heteroatoms. The van der Waals surface area contributed by atoms with Crippen molar-refractivity contribution in [1.82, 2.24) is 4.98 Å². The van der Waals surface area contributed by atoms with E-state index in [0.29, 0.717) is 11.1 Å². The normalized spacial score (nSPS) is 11.8. The summed E-state index contributed by atoms with van der Waals surface area (Å²) in [6, 6.07) is 17.3. The van der Waals surface area contributed by atoms with Crippen molar-refractivity contribution in [2.24, 2.45) is 0 Å². The van der Waals surface area contributed by atoms with Crippen LogP contribution in [0.5, 0.6) is 0 Å². The monoisotopic (exact) mass is 305 g/mol. The highest BCUT2D eigenvalue weighted by Crippen LogP contribution is 2.37. The lowest BCUT2D eigenvalue weighted by Gasteiger charge is -2.15. The first-order chi connectivity index (χ1) is 10.7. The fraction of sp³-hybridized carbons (Fsp3) is 0.150. The molecule has 0 aliphatic heterocycles. The molecule has 0 aliphatic carbocycles. The van der Waals surface area contributed by atoms with E-state index in [1.807, 2.05) is 0 Å². The topological polar surface area (TPSA) is 12.9 Å². The van der Waals surface area contributed by atoms with Crippen LogP contribution in [-0.2, 0) is 0 Å². The summed E-state index contributed by atoms with van der Waals surface area (Å²) in [6.07, 6.45) is 1.79. The number of benzene rings is 3. The maximum absolute atomic E-state index is 6.27. The van der Waals surface area contributed by atoms with Crippen LogP contribution >= 0.6 is 11.6 Å². The maximum Gasteiger partial charge on any atom is 0.136 e. The first kappa shape index (κ1) is 13.5. The number of aromatic nitrogens is 1. The summed E-state index contributed by atoms with van der Waals surface area (Å²) >= 11 is 6.27. The van der Waals surface area contributed by atoms with Gasteiger partial charge < -0.3 is 0 Å². The molecular weight excluding hydrogens is 290 g/mol. The number of hydrogen-bond acceptors (Lipinski definition) is 1. The van der Waals surface area contributed by atoms with E-state index in [9.17, 15) is 0 Å². The fourth-order valence-corrected chi connectivity index (χ4v) is 3.53. The van der Waals surface area contributed by atoms with Gasteiger partial charge in [-0.2, -0.15) is 0 Å². The molecule has 0 saturated carbocycles. The number of halogens is 1. The Morgan fingerprint density at radius 2 is 1.41 bits per heavy atom. The molecule has 4 aromatic rings. The average Bonchev–Trinajstić information content (AvgIpc) is 2.54. The summed E-state index contributed by atoms with van der Waals surface area (Å²) in [5.41, 5.74) is 1.38. The second-order valence-corrected chi connectivity index (χ2v) is 6.38. The van der Waals surface area contributed by atoms with Gasteiger partial charge in [0.15, 0.2) is 0 Å².